The summed E-state index contributed by atoms with van der Waals surface area (Å²) in [5, 5.41) is 14.7. The second-order valence-corrected chi connectivity index (χ2v) is 9.60. The van der Waals surface area contributed by atoms with Crippen molar-refractivity contribution in [2.24, 2.45) is 5.92 Å². The van der Waals surface area contributed by atoms with Gasteiger partial charge in [0, 0.05) is 25.1 Å². The molecule has 8 heteroatoms. The molecule has 2 rings (SSSR count). The fourth-order valence-electron chi connectivity index (χ4n) is 4.14. The molecular formula is C26H41N3O5. The van der Waals surface area contributed by atoms with Crippen molar-refractivity contribution in [2.75, 3.05) is 5.32 Å². The zero-order valence-corrected chi connectivity index (χ0v) is 20.6. The van der Waals surface area contributed by atoms with Gasteiger partial charge in [0.2, 0.25) is 11.8 Å². The second kappa shape index (κ2) is 15.5. The summed E-state index contributed by atoms with van der Waals surface area (Å²) in [6, 6.07) is 7.32. The van der Waals surface area contributed by atoms with Crippen LogP contribution >= 0.6 is 0 Å². The average Bonchev–Trinajstić information content (AvgIpc) is 3.32. The van der Waals surface area contributed by atoms with Crippen molar-refractivity contribution >= 4 is 23.5 Å². The van der Waals surface area contributed by atoms with E-state index in [0.717, 1.165) is 62.6 Å². The molecule has 1 unspecified atom stereocenters. The van der Waals surface area contributed by atoms with Crippen molar-refractivity contribution in [1.29, 1.82) is 0 Å². The Hall–Kier alpha value is -2.45. The largest absolute Gasteiger partial charge is 0.461 e. The molecule has 1 aromatic rings. The Labute approximate surface area is 203 Å². The highest BCUT2D eigenvalue weighted by Gasteiger charge is 2.26. The maximum Gasteiger partial charge on any atom is 0.323 e. The highest BCUT2D eigenvalue weighted by atomic mass is 16.5. The topological polar surface area (TPSA) is 117 Å². The Bertz CT molecular complexity index is 760. The molecule has 0 saturated heterocycles. The average molecular weight is 476 g/mol. The molecule has 2 amide bonds. The first kappa shape index (κ1) is 27.8. The number of carbonyl (C=O) groups excluding carboxylic acids is 3. The predicted octanol–water partition coefficient (Wildman–Crippen LogP) is 4.46. The maximum atomic E-state index is 12.7. The van der Waals surface area contributed by atoms with Crippen LogP contribution in [0.5, 0.6) is 0 Å². The quantitative estimate of drug-likeness (QED) is 0.129. The van der Waals surface area contributed by atoms with Gasteiger partial charge in [-0.15, -0.1) is 0 Å². The number of ether oxygens (including phenoxy) is 1. The molecule has 1 aromatic carbocycles. The number of nitrogens with one attached hydrogen (secondary N) is 3. The molecule has 0 heterocycles. The molecule has 1 aliphatic carbocycles. The first-order valence-electron chi connectivity index (χ1n) is 12.6. The van der Waals surface area contributed by atoms with Gasteiger partial charge in [-0.25, -0.2) is 5.48 Å². The zero-order chi connectivity index (χ0) is 24.8. The summed E-state index contributed by atoms with van der Waals surface area (Å²) in [4.78, 5) is 35.7. The van der Waals surface area contributed by atoms with Crippen molar-refractivity contribution in [3.8, 4) is 0 Å². The van der Waals surface area contributed by atoms with Gasteiger partial charge >= 0.3 is 5.97 Å². The van der Waals surface area contributed by atoms with E-state index in [2.05, 4.69) is 24.5 Å². The lowest BCUT2D eigenvalue weighted by Gasteiger charge is -2.22. The fraction of sp³-hybridized carbons (Fsp3) is 0.654. The van der Waals surface area contributed by atoms with Crippen LogP contribution in [0.4, 0.5) is 5.69 Å². The van der Waals surface area contributed by atoms with Gasteiger partial charge in [0.1, 0.15) is 12.1 Å². The number of unbranched alkanes of at least 4 members (excludes halogenated alkanes) is 3. The van der Waals surface area contributed by atoms with Gasteiger partial charge < -0.3 is 15.4 Å². The molecule has 0 bridgehead atoms. The Morgan fingerprint density at radius 2 is 1.59 bits per heavy atom. The zero-order valence-electron chi connectivity index (χ0n) is 20.6. The Balaban J connectivity index is 1.71. The van der Waals surface area contributed by atoms with Crippen molar-refractivity contribution < 1.29 is 24.3 Å². The molecule has 1 atom stereocenters. The highest BCUT2D eigenvalue weighted by Crippen LogP contribution is 2.22. The number of anilines is 1. The lowest BCUT2D eigenvalue weighted by atomic mass is 10.0. The lowest BCUT2D eigenvalue weighted by Crippen LogP contribution is -2.40. The highest BCUT2D eigenvalue weighted by molar-refractivity contribution is 5.90. The summed E-state index contributed by atoms with van der Waals surface area (Å²) < 4.78 is 5.72. The normalized spacial score (nSPS) is 14.7. The molecule has 0 aromatic heterocycles. The summed E-state index contributed by atoms with van der Waals surface area (Å²) in [5.41, 5.74) is 3.39. The van der Waals surface area contributed by atoms with Crippen molar-refractivity contribution in [3.05, 3.63) is 29.8 Å². The van der Waals surface area contributed by atoms with Crippen LogP contribution in [-0.2, 0) is 25.7 Å². The SMILES string of the molecule is CC(C)CC(NCc1ccc(NC(=O)CCCCCCC(=O)NO)cc1)C(=O)OC1CCCC1. The monoisotopic (exact) mass is 475 g/mol. The molecule has 0 spiro atoms. The molecule has 190 valence electrons. The fourth-order valence-corrected chi connectivity index (χ4v) is 4.14. The van der Waals surface area contributed by atoms with E-state index in [1.165, 1.54) is 0 Å². The number of carbonyl (C=O) groups is 3. The van der Waals surface area contributed by atoms with Crippen LogP contribution in [0.1, 0.15) is 90.0 Å². The van der Waals surface area contributed by atoms with E-state index in [-0.39, 0.29) is 29.9 Å². The standard InChI is InChI=1S/C26H41N3O5/c1-19(2)17-23(26(32)34-22-9-7-8-10-22)27-18-20-13-15-21(16-14-20)28-24(30)11-5-3-4-6-12-25(31)29-33/h13-16,19,22-23,27,33H,3-12,17-18H2,1-2H3,(H,28,30)(H,29,31). The molecule has 1 aliphatic rings. The molecule has 1 saturated carbocycles. The van der Waals surface area contributed by atoms with Gasteiger partial charge in [0.05, 0.1) is 0 Å². The third kappa shape index (κ3) is 11.1. The third-order valence-electron chi connectivity index (χ3n) is 6.05. The number of esters is 1. The summed E-state index contributed by atoms with van der Waals surface area (Å²) in [6.07, 6.45) is 8.87. The number of hydrogen-bond donors (Lipinski definition) is 4. The van der Waals surface area contributed by atoms with Crippen LogP contribution in [0.25, 0.3) is 0 Å². The lowest BCUT2D eigenvalue weighted by molar-refractivity contribution is -0.151. The van der Waals surface area contributed by atoms with E-state index in [1.54, 1.807) is 5.48 Å². The first-order valence-corrected chi connectivity index (χ1v) is 12.6. The van der Waals surface area contributed by atoms with Crippen LogP contribution in [0.15, 0.2) is 24.3 Å². The van der Waals surface area contributed by atoms with Gasteiger partial charge in [-0.3, -0.25) is 19.6 Å². The van der Waals surface area contributed by atoms with Crippen molar-refractivity contribution in [3.63, 3.8) is 0 Å². The first-order chi connectivity index (χ1) is 16.4. The summed E-state index contributed by atoms with van der Waals surface area (Å²) in [6.45, 7) is 4.76. The molecule has 1 fully saturated rings. The van der Waals surface area contributed by atoms with E-state index in [1.807, 2.05) is 24.3 Å². The van der Waals surface area contributed by atoms with E-state index < -0.39 is 0 Å². The maximum absolute atomic E-state index is 12.7. The van der Waals surface area contributed by atoms with E-state index in [4.69, 9.17) is 9.94 Å². The summed E-state index contributed by atoms with van der Waals surface area (Å²) >= 11 is 0. The van der Waals surface area contributed by atoms with Crippen molar-refractivity contribution in [2.45, 2.75) is 103 Å². The van der Waals surface area contributed by atoms with Crippen LogP contribution in [0, 0.1) is 5.92 Å². The van der Waals surface area contributed by atoms with Gasteiger partial charge in [-0.2, -0.15) is 0 Å². The van der Waals surface area contributed by atoms with Crippen molar-refractivity contribution in [1.82, 2.24) is 10.8 Å². The van der Waals surface area contributed by atoms with Crippen LogP contribution < -0.4 is 16.1 Å². The minimum absolute atomic E-state index is 0.0365. The van der Waals surface area contributed by atoms with E-state index in [0.29, 0.717) is 31.7 Å². The van der Waals surface area contributed by atoms with E-state index in [9.17, 15) is 14.4 Å². The van der Waals surface area contributed by atoms with Gasteiger partial charge in [0.15, 0.2) is 0 Å². The van der Waals surface area contributed by atoms with Crippen LogP contribution in [0.2, 0.25) is 0 Å². The van der Waals surface area contributed by atoms with E-state index >= 15 is 0 Å². The Kier molecular flexibility index (Phi) is 12.6. The Morgan fingerprint density at radius 1 is 0.971 bits per heavy atom. The molecule has 0 aliphatic heterocycles. The molecular weight excluding hydrogens is 434 g/mol. The summed E-state index contributed by atoms with van der Waals surface area (Å²) in [7, 11) is 0. The molecule has 34 heavy (non-hydrogen) atoms. The summed E-state index contributed by atoms with van der Waals surface area (Å²) in [5.74, 6) is -0.186. The minimum Gasteiger partial charge on any atom is -0.461 e. The number of hydroxylamine groups is 1. The van der Waals surface area contributed by atoms with Gasteiger partial charge in [0.25, 0.3) is 0 Å². The molecule has 0 radical (unpaired) electrons. The number of amides is 2. The predicted molar refractivity (Wildman–Crippen MR) is 131 cm³/mol. The van der Waals surface area contributed by atoms with Gasteiger partial charge in [-0.1, -0.05) is 38.8 Å². The smallest absolute Gasteiger partial charge is 0.323 e. The van der Waals surface area contributed by atoms with Crippen LogP contribution in [0.3, 0.4) is 0 Å². The number of rotatable bonds is 15. The third-order valence-corrected chi connectivity index (χ3v) is 6.05. The van der Waals surface area contributed by atoms with Crippen LogP contribution in [-0.4, -0.2) is 35.1 Å². The number of benzene rings is 1. The molecule has 8 nitrogen and oxygen atoms in total. The van der Waals surface area contributed by atoms with Gasteiger partial charge in [-0.05, 0) is 68.6 Å². The number of hydrogen-bond acceptors (Lipinski definition) is 6. The Morgan fingerprint density at radius 3 is 2.18 bits per heavy atom. The second-order valence-electron chi connectivity index (χ2n) is 9.60. The molecule has 4 N–H and O–H groups in total. The minimum atomic E-state index is -0.379.